The molecule has 7 heteroatoms. The maximum atomic E-state index is 14.9. The summed E-state index contributed by atoms with van der Waals surface area (Å²) in [7, 11) is 0. The van der Waals surface area contributed by atoms with E-state index >= 15 is 0 Å². The van der Waals surface area contributed by atoms with Crippen molar-refractivity contribution in [2.24, 2.45) is 4.99 Å². The monoisotopic (exact) mass is 417 g/mol. The van der Waals surface area contributed by atoms with Gasteiger partial charge < -0.3 is 4.90 Å². The predicted octanol–water partition coefficient (Wildman–Crippen LogP) is 6.64. The Labute approximate surface area is 175 Å². The zero-order chi connectivity index (χ0) is 21.3. The van der Waals surface area contributed by atoms with Gasteiger partial charge >= 0.3 is 0 Å². The summed E-state index contributed by atoms with van der Waals surface area (Å²) in [5.41, 5.74) is 2.49. The summed E-state index contributed by atoms with van der Waals surface area (Å²) in [6.45, 7) is 9.54. The summed E-state index contributed by atoms with van der Waals surface area (Å²) in [4.78, 5) is 17.0. The fourth-order valence-corrected chi connectivity index (χ4v) is 4.32. The molecule has 0 bridgehead atoms. The van der Waals surface area contributed by atoms with Gasteiger partial charge in [-0.15, -0.1) is 0 Å². The van der Waals surface area contributed by atoms with E-state index in [1.54, 1.807) is 12.1 Å². The fraction of sp³-hybridized carbons (Fsp3) is 0.409. The molecule has 0 spiro atoms. The number of rotatable bonds is 5. The van der Waals surface area contributed by atoms with E-state index in [1.807, 2.05) is 6.07 Å². The van der Waals surface area contributed by atoms with Gasteiger partial charge in [0.25, 0.3) is 5.69 Å². The van der Waals surface area contributed by atoms with Gasteiger partial charge in [0, 0.05) is 35.6 Å². The lowest BCUT2D eigenvalue weighted by Gasteiger charge is -2.47. The molecule has 0 fully saturated rings. The number of nitro benzene ring substituents is 1. The first-order valence-electron chi connectivity index (χ1n) is 9.73. The van der Waals surface area contributed by atoms with Gasteiger partial charge in [-0.3, -0.25) is 15.1 Å². The van der Waals surface area contributed by atoms with Crippen LogP contribution in [-0.2, 0) is 0 Å². The molecule has 2 aromatic carbocycles. The molecular weight excluding hydrogens is 393 g/mol. The number of halogens is 2. The molecule has 0 saturated heterocycles. The fourth-order valence-electron chi connectivity index (χ4n) is 4.13. The number of hydrogen-bond donors (Lipinski definition) is 0. The number of aliphatic imine (C=N–C) groups is 1. The van der Waals surface area contributed by atoms with E-state index in [0.717, 1.165) is 30.6 Å². The molecule has 2 aromatic rings. The van der Waals surface area contributed by atoms with Crippen molar-refractivity contribution in [2.45, 2.75) is 52.0 Å². The highest BCUT2D eigenvalue weighted by Crippen LogP contribution is 2.44. The minimum atomic E-state index is -0.563. The molecule has 0 radical (unpaired) electrons. The van der Waals surface area contributed by atoms with Crippen LogP contribution in [0.3, 0.4) is 0 Å². The van der Waals surface area contributed by atoms with Crippen molar-refractivity contribution >= 4 is 34.9 Å². The van der Waals surface area contributed by atoms with Crippen molar-refractivity contribution in [2.75, 3.05) is 11.4 Å². The Bertz CT molecular complexity index is 975. The molecule has 154 valence electrons. The first-order valence-corrected chi connectivity index (χ1v) is 10.1. The Morgan fingerprint density at radius 3 is 2.76 bits per heavy atom. The Morgan fingerprint density at radius 2 is 2.10 bits per heavy atom. The smallest absolute Gasteiger partial charge is 0.290 e. The van der Waals surface area contributed by atoms with Crippen LogP contribution in [0.2, 0.25) is 5.02 Å². The second-order valence-corrected chi connectivity index (χ2v) is 8.56. The summed E-state index contributed by atoms with van der Waals surface area (Å²) in [5, 5.41) is 11.1. The van der Waals surface area contributed by atoms with Gasteiger partial charge in [0.05, 0.1) is 10.6 Å². The van der Waals surface area contributed by atoms with Crippen LogP contribution in [0, 0.1) is 15.9 Å². The third kappa shape index (κ3) is 4.27. The minimum Gasteiger partial charge on any atom is -0.366 e. The van der Waals surface area contributed by atoms with Crippen molar-refractivity contribution in [3.8, 4) is 0 Å². The highest BCUT2D eigenvalue weighted by atomic mass is 35.5. The predicted molar refractivity (Wildman–Crippen MR) is 117 cm³/mol. The van der Waals surface area contributed by atoms with E-state index in [1.165, 1.54) is 18.3 Å². The molecule has 1 heterocycles. The number of fused-ring (bicyclic) bond motifs is 1. The van der Waals surface area contributed by atoms with Crippen molar-refractivity contribution in [3.63, 3.8) is 0 Å². The molecule has 1 aliphatic rings. The molecule has 0 amide bonds. The van der Waals surface area contributed by atoms with Crippen LogP contribution in [0.1, 0.15) is 57.6 Å². The topological polar surface area (TPSA) is 58.7 Å². The van der Waals surface area contributed by atoms with E-state index in [0.29, 0.717) is 11.3 Å². The molecule has 0 saturated carbocycles. The van der Waals surface area contributed by atoms with E-state index in [-0.39, 0.29) is 28.0 Å². The van der Waals surface area contributed by atoms with Crippen LogP contribution in [0.15, 0.2) is 35.3 Å². The first kappa shape index (κ1) is 21.2. The summed E-state index contributed by atoms with van der Waals surface area (Å²) >= 11 is 5.83. The second-order valence-electron chi connectivity index (χ2n) is 8.15. The van der Waals surface area contributed by atoms with Gasteiger partial charge in [0.2, 0.25) is 0 Å². The van der Waals surface area contributed by atoms with E-state index in [9.17, 15) is 14.5 Å². The molecule has 0 aliphatic carbocycles. The van der Waals surface area contributed by atoms with Crippen molar-refractivity contribution in [1.82, 2.24) is 0 Å². The van der Waals surface area contributed by atoms with Crippen LogP contribution in [0.4, 0.5) is 21.5 Å². The van der Waals surface area contributed by atoms with E-state index in [4.69, 9.17) is 11.6 Å². The summed E-state index contributed by atoms with van der Waals surface area (Å²) in [5.74, 6) is -0.0700. The van der Waals surface area contributed by atoms with E-state index in [2.05, 4.69) is 37.6 Å². The Kier molecular flexibility index (Phi) is 5.94. The molecule has 1 unspecified atom stereocenters. The summed E-state index contributed by atoms with van der Waals surface area (Å²) in [6, 6.07) is 7.71. The average molecular weight is 418 g/mol. The third-order valence-electron chi connectivity index (χ3n) is 5.43. The van der Waals surface area contributed by atoms with Gasteiger partial charge in [0.15, 0.2) is 0 Å². The Morgan fingerprint density at radius 1 is 1.38 bits per heavy atom. The Hall–Kier alpha value is -2.47. The molecular formula is C22H25ClFN3O2. The SMILES string of the molecule is CCCN1c2cc(F)c(C=Nc3ccc(Cl)c([N+](=O)[O-])c3)cc2C(C)CC1(C)C. The first-order chi connectivity index (χ1) is 13.6. The highest BCUT2D eigenvalue weighted by Gasteiger charge is 2.36. The normalized spacial score (nSPS) is 18.1. The molecule has 0 N–H and O–H groups in total. The maximum absolute atomic E-state index is 14.9. The number of anilines is 1. The zero-order valence-electron chi connectivity index (χ0n) is 17.1. The van der Waals surface area contributed by atoms with Gasteiger partial charge in [-0.2, -0.15) is 0 Å². The quantitative estimate of drug-likeness (QED) is 0.311. The Balaban J connectivity index is 1.99. The standard InChI is InChI=1S/C22H25ClFN3O2/c1-5-8-26-20-11-19(24)15(9-17(20)14(2)12-22(26,3)4)13-25-16-6-7-18(23)21(10-16)27(28)29/h6-7,9-11,13-14H,5,8,12H2,1-4H3. The zero-order valence-corrected chi connectivity index (χ0v) is 17.8. The maximum Gasteiger partial charge on any atom is 0.290 e. The summed E-state index contributed by atoms with van der Waals surface area (Å²) < 4.78 is 14.9. The van der Waals surface area contributed by atoms with Crippen LogP contribution >= 0.6 is 11.6 Å². The molecule has 1 aliphatic heterocycles. The molecule has 5 nitrogen and oxygen atoms in total. The van der Waals surface area contributed by atoms with Gasteiger partial charge in [0.1, 0.15) is 10.8 Å². The van der Waals surface area contributed by atoms with Crippen molar-refractivity contribution < 1.29 is 9.31 Å². The molecule has 0 aromatic heterocycles. The number of benzene rings is 2. The lowest BCUT2D eigenvalue weighted by Crippen LogP contribution is -2.48. The van der Waals surface area contributed by atoms with Gasteiger partial charge in [-0.05, 0) is 62.4 Å². The summed E-state index contributed by atoms with van der Waals surface area (Å²) in [6.07, 6.45) is 3.38. The molecule has 3 rings (SSSR count). The van der Waals surface area contributed by atoms with Gasteiger partial charge in [-0.1, -0.05) is 25.4 Å². The number of hydrogen-bond acceptors (Lipinski definition) is 4. The van der Waals surface area contributed by atoms with Crippen LogP contribution in [-0.4, -0.2) is 23.2 Å². The number of nitrogens with zero attached hydrogens (tertiary/aromatic N) is 3. The third-order valence-corrected chi connectivity index (χ3v) is 5.75. The van der Waals surface area contributed by atoms with Crippen LogP contribution in [0.25, 0.3) is 0 Å². The van der Waals surface area contributed by atoms with E-state index < -0.39 is 4.92 Å². The molecule has 1 atom stereocenters. The van der Waals surface area contributed by atoms with Crippen molar-refractivity contribution in [3.05, 3.63) is 62.4 Å². The molecule has 29 heavy (non-hydrogen) atoms. The lowest BCUT2D eigenvalue weighted by atomic mass is 9.79. The lowest BCUT2D eigenvalue weighted by molar-refractivity contribution is -0.384. The average Bonchev–Trinajstić information content (AvgIpc) is 2.64. The largest absolute Gasteiger partial charge is 0.366 e. The van der Waals surface area contributed by atoms with Gasteiger partial charge in [-0.25, -0.2) is 4.39 Å². The highest BCUT2D eigenvalue weighted by molar-refractivity contribution is 6.32. The van der Waals surface area contributed by atoms with Crippen LogP contribution in [0.5, 0.6) is 0 Å². The minimum absolute atomic E-state index is 0.0350. The van der Waals surface area contributed by atoms with Crippen molar-refractivity contribution in [1.29, 1.82) is 0 Å². The second kappa shape index (κ2) is 8.11. The van der Waals surface area contributed by atoms with Crippen LogP contribution < -0.4 is 4.90 Å². The number of nitro groups is 1.